The minimum Gasteiger partial charge on any atom is -0.395 e. The fraction of sp³-hybridized carbons (Fsp3) is 0.462. The summed E-state index contributed by atoms with van der Waals surface area (Å²) < 4.78 is 112. The Labute approximate surface area is 235 Å². The Morgan fingerprint density at radius 3 is 2.24 bits per heavy atom. The third kappa shape index (κ3) is 5.38. The molecule has 2 aromatic carbocycles. The summed E-state index contributed by atoms with van der Waals surface area (Å²) in [7, 11) is -2.20. The molecule has 7 nitrogen and oxygen atoms in total. The Bertz CT molecular complexity index is 1440. The van der Waals surface area contributed by atoms with Gasteiger partial charge in [0, 0.05) is 34.7 Å². The second kappa shape index (κ2) is 10.7. The molecular weight excluding hydrogens is 602 g/mol. The van der Waals surface area contributed by atoms with Crippen molar-refractivity contribution in [3.05, 3.63) is 71.2 Å². The van der Waals surface area contributed by atoms with Crippen molar-refractivity contribution in [3.63, 3.8) is 0 Å². The fourth-order valence-corrected chi connectivity index (χ4v) is 9.69. The summed E-state index contributed by atoms with van der Waals surface area (Å²) in [6.07, 6.45) is -9.46. The normalized spacial score (nSPS) is 28.7. The van der Waals surface area contributed by atoms with Crippen molar-refractivity contribution in [2.75, 3.05) is 12.4 Å². The van der Waals surface area contributed by atoms with Crippen LogP contribution in [0.2, 0.25) is 0 Å². The zero-order valence-electron chi connectivity index (χ0n) is 21.4. The number of aromatic nitrogens is 3. The molecule has 6 atom stereocenters. The molecule has 1 aliphatic heterocycles. The van der Waals surface area contributed by atoms with Gasteiger partial charge < -0.3 is 20.4 Å². The number of thiol groups is 1. The number of aliphatic hydroxyl groups excluding tert-OH is 3. The fourth-order valence-electron chi connectivity index (χ4n) is 6.02. The van der Waals surface area contributed by atoms with Crippen molar-refractivity contribution in [1.29, 1.82) is 0 Å². The Hall–Kier alpha value is -2.79. The molecule has 5 rings (SSSR count). The van der Waals surface area contributed by atoms with Gasteiger partial charge in [-0.2, -0.15) is 13.2 Å². The average Bonchev–Trinajstić information content (AvgIpc) is 3.35. The van der Waals surface area contributed by atoms with Gasteiger partial charge in [0.15, 0.2) is 17.5 Å². The van der Waals surface area contributed by atoms with Crippen molar-refractivity contribution in [2.24, 2.45) is 0 Å². The molecule has 1 saturated heterocycles. The third-order valence-corrected chi connectivity index (χ3v) is 11.3. The SMILES string of the molecule is OC[C@@H]1[C@H](O)[C@@H](n2cc(-c3cc(F)c(F)c(F)c3)nn2)[C@@H](O)C[SH]1[C@H](c1ccccc1C(F)(F)F)C1(O)CC(F)(F)C1. The summed E-state index contributed by atoms with van der Waals surface area (Å²) >= 11 is 0. The molecule has 4 N–H and O–H groups in total. The van der Waals surface area contributed by atoms with E-state index in [0.717, 1.165) is 29.1 Å². The van der Waals surface area contributed by atoms with Crippen LogP contribution in [0.4, 0.5) is 35.1 Å². The van der Waals surface area contributed by atoms with Gasteiger partial charge in [0.05, 0.1) is 36.2 Å². The summed E-state index contributed by atoms with van der Waals surface area (Å²) in [4.78, 5) is 0. The minimum absolute atomic E-state index is 0.177. The van der Waals surface area contributed by atoms with E-state index in [1.54, 1.807) is 0 Å². The number of halogens is 8. The van der Waals surface area contributed by atoms with Crippen LogP contribution in [0.3, 0.4) is 0 Å². The van der Waals surface area contributed by atoms with Crippen LogP contribution >= 0.6 is 10.9 Å². The second-order valence-electron chi connectivity index (χ2n) is 10.6. The summed E-state index contributed by atoms with van der Waals surface area (Å²) in [6.45, 7) is -0.844. The highest BCUT2D eigenvalue weighted by Crippen LogP contribution is 2.65. The Morgan fingerprint density at radius 2 is 1.67 bits per heavy atom. The number of benzene rings is 2. The zero-order valence-corrected chi connectivity index (χ0v) is 22.3. The molecule has 1 unspecified atom stereocenters. The second-order valence-corrected chi connectivity index (χ2v) is 13.2. The number of hydrogen-bond donors (Lipinski definition) is 5. The smallest absolute Gasteiger partial charge is 0.395 e. The summed E-state index contributed by atoms with van der Waals surface area (Å²) in [5, 5.41) is 48.6. The van der Waals surface area contributed by atoms with E-state index in [1.165, 1.54) is 6.07 Å². The van der Waals surface area contributed by atoms with Crippen LogP contribution in [0.5, 0.6) is 0 Å². The molecule has 1 aromatic heterocycles. The van der Waals surface area contributed by atoms with E-state index in [-0.39, 0.29) is 11.3 Å². The lowest BCUT2D eigenvalue weighted by molar-refractivity contribution is -0.205. The molecule has 2 aliphatic rings. The van der Waals surface area contributed by atoms with Crippen LogP contribution in [0.25, 0.3) is 11.3 Å². The maximum atomic E-state index is 14.0. The molecule has 1 aliphatic carbocycles. The van der Waals surface area contributed by atoms with Crippen molar-refractivity contribution < 1.29 is 55.5 Å². The standard InChI is InChI=1S/C26H25F8N3O4S/c27-15-5-12(6-16(28)20(15)29)17-7-37(36-35-17)21-18(39)9-42(19(8-38)22(21)40)23(24(41)10-25(30,31)11-24)13-3-1-2-4-14(13)26(32,33)34/h1-7,18-19,21-23,38-42H,8-11H2/t18-,19+,21-,22-,23+/m0/s1. The number of aliphatic hydroxyl groups is 4. The van der Waals surface area contributed by atoms with Crippen LogP contribution in [0.1, 0.15) is 35.3 Å². The maximum Gasteiger partial charge on any atom is 0.416 e. The molecule has 0 radical (unpaired) electrons. The van der Waals surface area contributed by atoms with Gasteiger partial charge in [0.2, 0.25) is 0 Å². The maximum absolute atomic E-state index is 14.0. The Kier molecular flexibility index (Phi) is 7.83. The largest absolute Gasteiger partial charge is 0.416 e. The minimum atomic E-state index is -4.92. The van der Waals surface area contributed by atoms with E-state index in [2.05, 4.69) is 10.3 Å². The van der Waals surface area contributed by atoms with Gasteiger partial charge in [-0.1, -0.05) is 23.4 Å². The van der Waals surface area contributed by atoms with Gasteiger partial charge >= 0.3 is 6.18 Å². The number of rotatable bonds is 6. The van der Waals surface area contributed by atoms with Gasteiger partial charge in [0.1, 0.15) is 11.7 Å². The van der Waals surface area contributed by atoms with E-state index < -0.39 is 111 Å². The van der Waals surface area contributed by atoms with E-state index in [4.69, 9.17) is 0 Å². The van der Waals surface area contributed by atoms with Gasteiger partial charge in [0.25, 0.3) is 5.92 Å². The molecule has 2 heterocycles. The summed E-state index contributed by atoms with van der Waals surface area (Å²) in [5.74, 6) is -8.48. The van der Waals surface area contributed by atoms with E-state index >= 15 is 0 Å². The highest BCUT2D eigenvalue weighted by atomic mass is 32.2. The van der Waals surface area contributed by atoms with Crippen LogP contribution in [-0.4, -0.2) is 76.8 Å². The first-order valence-corrected chi connectivity index (χ1v) is 14.3. The zero-order chi connectivity index (χ0) is 30.8. The van der Waals surface area contributed by atoms with Gasteiger partial charge in [-0.15, -0.1) is 5.10 Å². The summed E-state index contributed by atoms with van der Waals surface area (Å²) in [5.41, 5.74) is -4.40. The van der Waals surface area contributed by atoms with Crippen LogP contribution in [-0.2, 0) is 6.18 Å². The molecule has 0 bridgehead atoms. The molecule has 230 valence electrons. The topological polar surface area (TPSA) is 112 Å². The first-order valence-electron chi connectivity index (χ1n) is 12.6. The van der Waals surface area contributed by atoms with Crippen LogP contribution in [0, 0.1) is 17.5 Å². The third-order valence-electron chi connectivity index (χ3n) is 7.78. The van der Waals surface area contributed by atoms with Gasteiger partial charge in [-0.3, -0.25) is 0 Å². The van der Waals surface area contributed by atoms with E-state index in [9.17, 15) is 55.5 Å². The predicted octanol–water partition coefficient (Wildman–Crippen LogP) is 3.92. The molecule has 0 amide bonds. The molecule has 3 aromatic rings. The first-order chi connectivity index (χ1) is 19.6. The Morgan fingerprint density at radius 1 is 1.05 bits per heavy atom. The Balaban J connectivity index is 1.52. The molecular formula is C26H25F8N3O4S. The van der Waals surface area contributed by atoms with Gasteiger partial charge in [-0.05, 0) is 23.8 Å². The lowest BCUT2D eigenvalue weighted by Crippen LogP contribution is -2.58. The molecule has 16 heteroatoms. The lowest BCUT2D eigenvalue weighted by atomic mass is 9.72. The lowest BCUT2D eigenvalue weighted by Gasteiger charge is -2.56. The molecule has 42 heavy (non-hydrogen) atoms. The van der Waals surface area contributed by atoms with Crippen molar-refractivity contribution in [3.8, 4) is 11.3 Å². The molecule has 1 saturated carbocycles. The monoisotopic (exact) mass is 627 g/mol. The average molecular weight is 628 g/mol. The number of alkyl halides is 5. The molecule has 0 spiro atoms. The van der Waals surface area contributed by atoms with Crippen molar-refractivity contribution in [1.82, 2.24) is 15.0 Å². The first kappa shape index (κ1) is 30.7. The quantitative estimate of drug-likeness (QED) is 0.161. The van der Waals surface area contributed by atoms with Crippen molar-refractivity contribution in [2.45, 2.75) is 59.3 Å². The van der Waals surface area contributed by atoms with Crippen LogP contribution in [0.15, 0.2) is 42.6 Å². The van der Waals surface area contributed by atoms with Crippen molar-refractivity contribution >= 4 is 10.9 Å². The summed E-state index contributed by atoms with van der Waals surface area (Å²) in [6, 6.07) is 4.05. The number of nitrogens with zero attached hydrogens (tertiary/aromatic N) is 3. The highest BCUT2D eigenvalue weighted by Gasteiger charge is 2.63. The van der Waals surface area contributed by atoms with E-state index in [0.29, 0.717) is 12.1 Å². The van der Waals surface area contributed by atoms with Gasteiger partial charge in [-0.25, -0.2) is 37.5 Å². The highest BCUT2D eigenvalue weighted by molar-refractivity contribution is 8.18. The molecule has 2 fully saturated rings. The number of hydrogen-bond acceptors (Lipinski definition) is 6. The predicted molar refractivity (Wildman–Crippen MR) is 134 cm³/mol. The van der Waals surface area contributed by atoms with Crippen LogP contribution < -0.4 is 0 Å². The van der Waals surface area contributed by atoms with E-state index in [1.807, 2.05) is 0 Å².